The zero-order chi connectivity index (χ0) is 23.9. The molecule has 0 radical (unpaired) electrons. The molecule has 0 spiro atoms. The zero-order valence-corrected chi connectivity index (χ0v) is 19.1. The monoisotopic (exact) mass is 431 g/mol. The van der Waals surface area contributed by atoms with Crippen LogP contribution < -0.4 is 4.90 Å². The highest BCUT2D eigenvalue weighted by molar-refractivity contribution is 6.13. The molecule has 2 aromatic carbocycles. The van der Waals surface area contributed by atoms with E-state index in [4.69, 9.17) is 9.59 Å². The van der Waals surface area contributed by atoms with E-state index in [1.807, 2.05) is 51.6 Å². The lowest BCUT2D eigenvalue weighted by atomic mass is 9.85. The van der Waals surface area contributed by atoms with Crippen molar-refractivity contribution in [3.8, 4) is 11.1 Å². The van der Waals surface area contributed by atoms with Gasteiger partial charge in [-0.1, -0.05) is 37.6 Å². The second kappa shape index (κ2) is 10.6. The summed E-state index contributed by atoms with van der Waals surface area (Å²) >= 11 is 0. The molecule has 0 aliphatic carbocycles. The summed E-state index contributed by atoms with van der Waals surface area (Å²) in [4.78, 5) is 39.8. The maximum absolute atomic E-state index is 13.3. The number of amides is 1. The van der Waals surface area contributed by atoms with Gasteiger partial charge < -0.3 is 9.59 Å². The normalized spacial score (nSPS) is 13.4. The van der Waals surface area contributed by atoms with E-state index in [0.717, 1.165) is 46.7 Å². The van der Waals surface area contributed by atoms with Gasteiger partial charge in [0.25, 0.3) is 0 Å². The highest BCUT2D eigenvalue weighted by Gasteiger charge is 2.44. The van der Waals surface area contributed by atoms with Gasteiger partial charge >= 0.3 is 0 Å². The first-order valence-electron chi connectivity index (χ1n) is 10.4. The van der Waals surface area contributed by atoms with E-state index in [9.17, 15) is 4.79 Å². The summed E-state index contributed by atoms with van der Waals surface area (Å²) in [6.45, 7) is 12.0. The standard InChI is InChI=1S/C24H25N3O.2CH2O/c1-5-6-17-7-10-20(11-8-17)27-22-13-18(19-14-25-16(2)26-15-19)9-12-21(22)24(3,4)23(27)28;2*1-2/h7-15H,5-6H2,1-4H3;2*1H2. The van der Waals surface area contributed by atoms with E-state index < -0.39 is 5.41 Å². The van der Waals surface area contributed by atoms with Crippen molar-refractivity contribution < 1.29 is 14.4 Å². The van der Waals surface area contributed by atoms with E-state index in [-0.39, 0.29) is 5.91 Å². The van der Waals surface area contributed by atoms with Crippen LogP contribution in [0.5, 0.6) is 0 Å². The maximum atomic E-state index is 13.3. The number of fused-ring (bicyclic) bond motifs is 1. The minimum Gasteiger partial charge on any atom is -0.307 e. The summed E-state index contributed by atoms with van der Waals surface area (Å²) in [7, 11) is 0. The van der Waals surface area contributed by atoms with Gasteiger partial charge in [0, 0.05) is 23.6 Å². The van der Waals surface area contributed by atoms with Gasteiger partial charge in [0.1, 0.15) is 19.4 Å². The molecule has 3 aromatic rings. The molecule has 1 aromatic heterocycles. The number of carbonyl (C=O) groups excluding carboxylic acids is 3. The number of hydrogen-bond donors (Lipinski definition) is 0. The van der Waals surface area contributed by atoms with Crippen LogP contribution in [0.2, 0.25) is 0 Å². The second-order valence-electron chi connectivity index (χ2n) is 7.93. The molecule has 0 bridgehead atoms. The van der Waals surface area contributed by atoms with Crippen LogP contribution >= 0.6 is 0 Å². The molecule has 4 rings (SSSR count). The van der Waals surface area contributed by atoms with E-state index >= 15 is 0 Å². The average Bonchev–Trinajstić information content (AvgIpc) is 3.03. The summed E-state index contributed by atoms with van der Waals surface area (Å²) in [5.74, 6) is 0.845. The molecule has 0 atom stereocenters. The van der Waals surface area contributed by atoms with Crippen molar-refractivity contribution in [2.45, 2.75) is 46.0 Å². The molecule has 6 heteroatoms. The molecular weight excluding hydrogens is 402 g/mol. The molecule has 1 amide bonds. The summed E-state index contributed by atoms with van der Waals surface area (Å²) in [5.41, 5.74) is 5.60. The first-order valence-corrected chi connectivity index (χ1v) is 10.4. The molecule has 0 unspecified atom stereocenters. The lowest BCUT2D eigenvalue weighted by Crippen LogP contribution is -2.33. The molecule has 0 saturated carbocycles. The van der Waals surface area contributed by atoms with Gasteiger partial charge in [-0.15, -0.1) is 0 Å². The van der Waals surface area contributed by atoms with Crippen molar-refractivity contribution in [1.82, 2.24) is 9.97 Å². The summed E-state index contributed by atoms with van der Waals surface area (Å²) in [5, 5.41) is 0. The number of anilines is 2. The smallest absolute Gasteiger partial charge is 0.241 e. The molecule has 0 saturated heterocycles. The molecule has 2 heterocycles. The zero-order valence-electron chi connectivity index (χ0n) is 19.1. The van der Waals surface area contributed by atoms with E-state index in [2.05, 4.69) is 59.4 Å². The molecule has 6 nitrogen and oxygen atoms in total. The third kappa shape index (κ3) is 4.64. The number of benzene rings is 2. The Morgan fingerprint density at radius 2 is 1.50 bits per heavy atom. The van der Waals surface area contributed by atoms with Crippen molar-refractivity contribution in [2.24, 2.45) is 0 Å². The van der Waals surface area contributed by atoms with Crippen LogP contribution in [0.3, 0.4) is 0 Å². The fourth-order valence-corrected chi connectivity index (χ4v) is 3.83. The fraction of sp³-hybridized carbons (Fsp3) is 0.269. The first-order chi connectivity index (χ1) is 15.4. The highest BCUT2D eigenvalue weighted by atomic mass is 16.2. The van der Waals surface area contributed by atoms with Gasteiger partial charge in [-0.2, -0.15) is 0 Å². The minimum absolute atomic E-state index is 0.100. The third-order valence-electron chi connectivity index (χ3n) is 5.50. The minimum atomic E-state index is -0.556. The quantitative estimate of drug-likeness (QED) is 0.581. The molecule has 166 valence electrons. The van der Waals surface area contributed by atoms with E-state index in [1.165, 1.54) is 5.56 Å². The Balaban J connectivity index is 0.000000860. The van der Waals surface area contributed by atoms with Crippen molar-refractivity contribution in [3.05, 3.63) is 71.8 Å². The Morgan fingerprint density at radius 1 is 0.906 bits per heavy atom. The molecule has 0 N–H and O–H groups in total. The number of aromatic nitrogens is 2. The van der Waals surface area contributed by atoms with Crippen LogP contribution in [0.25, 0.3) is 11.1 Å². The number of aryl methyl sites for hydroxylation is 2. The largest absolute Gasteiger partial charge is 0.307 e. The average molecular weight is 432 g/mol. The Kier molecular flexibility index (Phi) is 8.13. The van der Waals surface area contributed by atoms with Crippen LogP contribution in [-0.4, -0.2) is 29.5 Å². The third-order valence-corrected chi connectivity index (χ3v) is 5.50. The van der Waals surface area contributed by atoms with Gasteiger partial charge in [-0.05, 0) is 62.1 Å². The van der Waals surface area contributed by atoms with Crippen LogP contribution in [0.15, 0.2) is 54.9 Å². The molecule has 32 heavy (non-hydrogen) atoms. The lowest BCUT2D eigenvalue weighted by Gasteiger charge is -2.21. The fourth-order valence-electron chi connectivity index (χ4n) is 3.83. The Morgan fingerprint density at radius 3 is 2.06 bits per heavy atom. The van der Waals surface area contributed by atoms with Crippen molar-refractivity contribution in [3.63, 3.8) is 0 Å². The molecule has 1 aliphatic rings. The number of carbonyl (C=O) groups is 3. The summed E-state index contributed by atoms with van der Waals surface area (Å²) in [6.07, 6.45) is 5.82. The number of nitrogens with zero attached hydrogens (tertiary/aromatic N) is 3. The predicted molar refractivity (Wildman–Crippen MR) is 127 cm³/mol. The SMILES string of the molecule is C=O.C=O.CCCc1ccc(N2C(=O)C(C)(C)c3ccc(-c4cnc(C)nc4)cc32)cc1. The van der Waals surface area contributed by atoms with Crippen molar-refractivity contribution in [1.29, 1.82) is 0 Å². The van der Waals surface area contributed by atoms with Crippen LogP contribution in [0.1, 0.15) is 44.1 Å². The number of hydrogen-bond acceptors (Lipinski definition) is 5. The Hall–Kier alpha value is -3.67. The molecular formula is C26H29N3O3. The number of rotatable bonds is 4. The van der Waals surface area contributed by atoms with Crippen LogP contribution in [-0.2, 0) is 26.2 Å². The summed E-state index contributed by atoms with van der Waals surface area (Å²) < 4.78 is 0. The van der Waals surface area contributed by atoms with Gasteiger partial charge in [-0.25, -0.2) is 9.97 Å². The first kappa shape index (κ1) is 24.6. The van der Waals surface area contributed by atoms with Crippen molar-refractivity contribution in [2.75, 3.05) is 4.90 Å². The molecule has 0 fully saturated rings. The van der Waals surface area contributed by atoms with E-state index in [0.29, 0.717) is 0 Å². The predicted octanol–water partition coefficient (Wildman–Crippen LogP) is 4.99. The lowest BCUT2D eigenvalue weighted by molar-refractivity contribution is -0.121. The topological polar surface area (TPSA) is 80.2 Å². The Bertz CT molecular complexity index is 1060. The van der Waals surface area contributed by atoms with Gasteiger partial charge in [-0.3, -0.25) is 9.69 Å². The van der Waals surface area contributed by atoms with Gasteiger partial charge in [0.05, 0.1) is 11.1 Å². The maximum Gasteiger partial charge on any atom is 0.241 e. The molecule has 1 aliphatic heterocycles. The van der Waals surface area contributed by atoms with E-state index in [1.54, 1.807) is 0 Å². The Labute approximate surface area is 189 Å². The second-order valence-corrected chi connectivity index (χ2v) is 7.93. The van der Waals surface area contributed by atoms with Gasteiger partial charge in [0.15, 0.2) is 0 Å². The highest BCUT2D eigenvalue weighted by Crippen LogP contribution is 2.46. The van der Waals surface area contributed by atoms with Crippen LogP contribution in [0.4, 0.5) is 11.4 Å². The van der Waals surface area contributed by atoms with Crippen molar-refractivity contribution >= 4 is 30.9 Å². The summed E-state index contributed by atoms with van der Waals surface area (Å²) in [6, 6.07) is 14.5. The van der Waals surface area contributed by atoms with Crippen LogP contribution in [0, 0.1) is 6.92 Å². The van der Waals surface area contributed by atoms with Gasteiger partial charge in [0.2, 0.25) is 5.91 Å².